The number of hydrogen-bond donors (Lipinski definition) is 1. The smallest absolute Gasteiger partial charge is 0.130 e. The van der Waals surface area contributed by atoms with Crippen LogP contribution in [0.4, 0.5) is 4.39 Å². The Labute approximate surface area is 96.4 Å². The van der Waals surface area contributed by atoms with E-state index in [1.54, 1.807) is 12.1 Å². The third kappa shape index (κ3) is 3.17. The van der Waals surface area contributed by atoms with Crippen molar-refractivity contribution in [1.82, 2.24) is 5.32 Å². The zero-order chi connectivity index (χ0) is 11.2. The Morgan fingerprint density at radius 2 is 2.19 bits per heavy atom. The molecule has 1 aliphatic rings. The number of hydrogen-bond acceptors (Lipinski definition) is 1. The number of rotatable bonds is 3. The van der Waals surface area contributed by atoms with Crippen molar-refractivity contribution in [3.63, 3.8) is 0 Å². The van der Waals surface area contributed by atoms with Crippen LogP contribution >= 0.6 is 0 Å². The maximum absolute atomic E-state index is 13.3. The number of nitrogens with one attached hydrogen (secondary N) is 1. The Morgan fingerprint density at radius 3 is 2.94 bits per heavy atom. The second kappa shape index (κ2) is 5.80. The largest absolute Gasteiger partial charge is 0.314 e. The summed E-state index contributed by atoms with van der Waals surface area (Å²) in [5.74, 6) is -0.143. The second-order valence-electron chi connectivity index (χ2n) is 4.31. The first kappa shape index (κ1) is 11.3. The van der Waals surface area contributed by atoms with Crippen LogP contribution in [0.3, 0.4) is 0 Å². The van der Waals surface area contributed by atoms with Gasteiger partial charge in [-0.1, -0.05) is 36.8 Å². The molecule has 1 saturated heterocycles. The summed E-state index contributed by atoms with van der Waals surface area (Å²) in [4.78, 5) is 0. The lowest BCUT2D eigenvalue weighted by Crippen LogP contribution is -2.33. The second-order valence-corrected chi connectivity index (χ2v) is 4.31. The zero-order valence-electron chi connectivity index (χ0n) is 9.45. The van der Waals surface area contributed by atoms with Crippen molar-refractivity contribution in [3.05, 3.63) is 41.7 Å². The van der Waals surface area contributed by atoms with E-state index in [2.05, 4.69) is 11.4 Å². The summed E-state index contributed by atoms with van der Waals surface area (Å²) in [6.45, 7) is 1.12. The quantitative estimate of drug-likeness (QED) is 0.821. The van der Waals surface area contributed by atoms with Gasteiger partial charge < -0.3 is 5.32 Å². The van der Waals surface area contributed by atoms with Crippen molar-refractivity contribution in [2.24, 2.45) is 0 Å². The first-order valence-electron chi connectivity index (χ1n) is 6.01. The molecule has 1 unspecified atom stereocenters. The summed E-state index contributed by atoms with van der Waals surface area (Å²) < 4.78 is 13.3. The van der Waals surface area contributed by atoms with Gasteiger partial charge >= 0.3 is 0 Å². The highest BCUT2D eigenvalue weighted by Gasteiger charge is 2.09. The van der Waals surface area contributed by atoms with Crippen molar-refractivity contribution in [2.75, 3.05) is 6.54 Å². The van der Waals surface area contributed by atoms with Gasteiger partial charge in [0.25, 0.3) is 0 Å². The normalized spacial score (nSPS) is 21.4. The Kier molecular flexibility index (Phi) is 4.11. The van der Waals surface area contributed by atoms with Crippen LogP contribution in [0.25, 0.3) is 6.08 Å². The van der Waals surface area contributed by atoms with E-state index < -0.39 is 0 Å². The van der Waals surface area contributed by atoms with Crippen molar-refractivity contribution >= 4 is 6.08 Å². The first-order valence-corrected chi connectivity index (χ1v) is 6.01. The molecule has 1 aromatic rings. The molecule has 0 radical (unpaired) electrons. The van der Waals surface area contributed by atoms with Gasteiger partial charge in [-0.2, -0.15) is 0 Å². The van der Waals surface area contributed by atoms with Crippen LogP contribution in [-0.4, -0.2) is 12.6 Å². The predicted molar refractivity (Wildman–Crippen MR) is 65.7 cm³/mol. The third-order valence-electron chi connectivity index (χ3n) is 3.04. The third-order valence-corrected chi connectivity index (χ3v) is 3.04. The van der Waals surface area contributed by atoms with Crippen LogP contribution in [0.1, 0.15) is 31.2 Å². The molecular formula is C14H18FN. The van der Waals surface area contributed by atoms with Crippen molar-refractivity contribution in [2.45, 2.75) is 31.7 Å². The van der Waals surface area contributed by atoms with Gasteiger partial charge in [0, 0.05) is 11.6 Å². The van der Waals surface area contributed by atoms with Gasteiger partial charge in [-0.3, -0.25) is 0 Å². The van der Waals surface area contributed by atoms with Gasteiger partial charge in [0.05, 0.1) is 0 Å². The minimum atomic E-state index is -0.143. The standard InChI is InChI=1S/C14H18FN/c15-14-10-2-1-6-12(14)7-5-9-13-8-3-4-11-16-13/h1-2,5-7,10,13,16H,3-4,8-9,11H2/b7-5-. The Balaban J connectivity index is 1.87. The Hall–Kier alpha value is -1.15. The van der Waals surface area contributed by atoms with Crippen LogP contribution < -0.4 is 5.32 Å². The molecule has 1 N–H and O–H groups in total. The van der Waals surface area contributed by atoms with Crippen LogP contribution in [0.15, 0.2) is 30.3 Å². The fourth-order valence-electron chi connectivity index (χ4n) is 2.09. The van der Waals surface area contributed by atoms with E-state index in [1.165, 1.54) is 25.3 Å². The molecular weight excluding hydrogens is 201 g/mol. The predicted octanol–water partition coefficient (Wildman–Crippen LogP) is 3.37. The molecule has 86 valence electrons. The van der Waals surface area contributed by atoms with Gasteiger partial charge in [0.2, 0.25) is 0 Å². The molecule has 0 aromatic heterocycles. The van der Waals surface area contributed by atoms with Crippen LogP contribution in [0.2, 0.25) is 0 Å². The average Bonchev–Trinajstić information content (AvgIpc) is 2.33. The van der Waals surface area contributed by atoms with Crippen molar-refractivity contribution < 1.29 is 4.39 Å². The molecule has 0 bridgehead atoms. The monoisotopic (exact) mass is 219 g/mol. The SMILES string of the molecule is Fc1ccccc1/C=C\CC1CCCCN1. The highest BCUT2D eigenvalue weighted by molar-refractivity contribution is 5.49. The summed E-state index contributed by atoms with van der Waals surface area (Å²) in [5, 5.41) is 3.47. The van der Waals surface area contributed by atoms with E-state index in [4.69, 9.17) is 0 Å². The maximum Gasteiger partial charge on any atom is 0.130 e. The molecule has 0 aliphatic carbocycles. The van der Waals surface area contributed by atoms with Crippen LogP contribution in [0.5, 0.6) is 0 Å². The van der Waals surface area contributed by atoms with E-state index in [0.29, 0.717) is 11.6 Å². The van der Waals surface area contributed by atoms with E-state index in [0.717, 1.165) is 13.0 Å². The summed E-state index contributed by atoms with van der Waals surface area (Å²) in [7, 11) is 0. The molecule has 0 spiro atoms. The minimum Gasteiger partial charge on any atom is -0.314 e. The average molecular weight is 219 g/mol. The van der Waals surface area contributed by atoms with Gasteiger partial charge in [-0.25, -0.2) is 4.39 Å². The van der Waals surface area contributed by atoms with Crippen molar-refractivity contribution in [1.29, 1.82) is 0 Å². The maximum atomic E-state index is 13.3. The molecule has 0 amide bonds. The van der Waals surface area contributed by atoms with Gasteiger partial charge in [0.15, 0.2) is 0 Å². The molecule has 2 heteroatoms. The van der Waals surface area contributed by atoms with Gasteiger partial charge in [-0.05, 0) is 31.9 Å². The van der Waals surface area contributed by atoms with E-state index in [-0.39, 0.29) is 5.82 Å². The summed E-state index contributed by atoms with van der Waals surface area (Å²) >= 11 is 0. The molecule has 1 fully saturated rings. The molecule has 2 rings (SSSR count). The molecule has 1 aromatic carbocycles. The number of halogens is 1. The van der Waals surface area contributed by atoms with Crippen LogP contribution in [0, 0.1) is 5.82 Å². The lowest BCUT2D eigenvalue weighted by Gasteiger charge is -2.21. The molecule has 16 heavy (non-hydrogen) atoms. The van der Waals surface area contributed by atoms with Crippen LogP contribution in [-0.2, 0) is 0 Å². The first-order chi connectivity index (χ1) is 7.86. The Bertz CT molecular complexity index is 354. The van der Waals surface area contributed by atoms with E-state index in [1.807, 2.05) is 12.1 Å². The topological polar surface area (TPSA) is 12.0 Å². The molecule has 1 aliphatic heterocycles. The highest BCUT2D eigenvalue weighted by atomic mass is 19.1. The Morgan fingerprint density at radius 1 is 1.31 bits per heavy atom. The highest BCUT2D eigenvalue weighted by Crippen LogP contribution is 2.13. The number of piperidine rings is 1. The van der Waals surface area contributed by atoms with E-state index >= 15 is 0 Å². The summed E-state index contributed by atoms with van der Waals surface area (Å²) in [5.41, 5.74) is 0.679. The summed E-state index contributed by atoms with van der Waals surface area (Å²) in [6.07, 6.45) is 8.78. The van der Waals surface area contributed by atoms with E-state index in [9.17, 15) is 4.39 Å². The zero-order valence-corrected chi connectivity index (χ0v) is 9.45. The lowest BCUT2D eigenvalue weighted by molar-refractivity contribution is 0.404. The molecule has 0 saturated carbocycles. The minimum absolute atomic E-state index is 0.143. The molecule has 1 atom stereocenters. The lowest BCUT2D eigenvalue weighted by atomic mass is 10.0. The fraction of sp³-hybridized carbons (Fsp3) is 0.429. The van der Waals surface area contributed by atoms with Gasteiger partial charge in [-0.15, -0.1) is 0 Å². The molecule has 1 heterocycles. The summed E-state index contributed by atoms with van der Waals surface area (Å²) in [6, 6.07) is 7.46. The molecule has 1 nitrogen and oxygen atoms in total. The van der Waals surface area contributed by atoms with Gasteiger partial charge in [0.1, 0.15) is 5.82 Å². The number of benzene rings is 1. The fourth-order valence-corrected chi connectivity index (χ4v) is 2.09. The van der Waals surface area contributed by atoms with Crippen molar-refractivity contribution in [3.8, 4) is 0 Å².